The van der Waals surface area contributed by atoms with Crippen molar-refractivity contribution in [2.75, 3.05) is 40.6 Å². The summed E-state index contributed by atoms with van der Waals surface area (Å²) in [5.41, 5.74) is 0. The van der Waals surface area contributed by atoms with Gasteiger partial charge in [0.2, 0.25) is 0 Å². The zero-order valence-corrected chi connectivity index (χ0v) is 22.5. The number of thiocarbonyl (C=S) groups is 2. The molecule has 2 aromatic carbocycles. The van der Waals surface area contributed by atoms with Gasteiger partial charge >= 0.3 is 194 Å². The van der Waals surface area contributed by atoms with Gasteiger partial charge in [-0.25, -0.2) is 0 Å². The molecule has 0 aliphatic rings. The summed E-state index contributed by atoms with van der Waals surface area (Å²) < 4.78 is 25.2. The molecule has 0 amide bonds. The van der Waals surface area contributed by atoms with Crippen LogP contribution in [0.5, 0.6) is 0 Å². The number of hydrogen-bond donors (Lipinski definition) is 0. The van der Waals surface area contributed by atoms with Crippen LogP contribution in [0.4, 0.5) is 0 Å². The topological polar surface area (TPSA) is 36.9 Å². The normalized spacial score (nSPS) is 11.1. The molecule has 156 valence electrons. The number of hydrogen-bond acceptors (Lipinski definition) is 8. The molecule has 2 rings (SSSR count). The molecule has 0 atom stereocenters. The molecule has 0 aromatic heterocycles. The summed E-state index contributed by atoms with van der Waals surface area (Å²) in [5, 5.41) is 0. The molecule has 9 heteroatoms. The van der Waals surface area contributed by atoms with E-state index in [1.165, 1.54) is 7.16 Å². The van der Waals surface area contributed by atoms with Gasteiger partial charge in [0.25, 0.3) is 0 Å². The Morgan fingerprint density at radius 2 is 1.07 bits per heavy atom. The van der Waals surface area contributed by atoms with Crippen LogP contribution in [0.3, 0.4) is 0 Å². The van der Waals surface area contributed by atoms with E-state index in [0.29, 0.717) is 35.2 Å². The second-order valence-corrected chi connectivity index (χ2v) is 28.4. The van der Waals surface area contributed by atoms with Gasteiger partial charge in [0, 0.05) is 0 Å². The van der Waals surface area contributed by atoms with E-state index in [2.05, 4.69) is 48.5 Å². The van der Waals surface area contributed by atoms with Crippen molar-refractivity contribution in [3.8, 4) is 0 Å². The van der Waals surface area contributed by atoms with E-state index in [1.54, 1.807) is 32.1 Å². The van der Waals surface area contributed by atoms with E-state index in [1.807, 2.05) is 12.1 Å². The van der Waals surface area contributed by atoms with E-state index in [-0.39, 0.29) is 0 Å². The van der Waals surface area contributed by atoms with Gasteiger partial charge in [-0.05, 0) is 0 Å². The zero-order valence-electron chi connectivity index (χ0n) is 16.4. The van der Waals surface area contributed by atoms with Crippen LogP contribution in [-0.2, 0) is 18.9 Å². The summed E-state index contributed by atoms with van der Waals surface area (Å²) in [4.78, 5) is 0. The van der Waals surface area contributed by atoms with E-state index < -0.39 is 15.6 Å². The first-order valence-electron chi connectivity index (χ1n) is 8.93. The summed E-state index contributed by atoms with van der Waals surface area (Å²) in [6.07, 6.45) is 0. The van der Waals surface area contributed by atoms with Crippen molar-refractivity contribution in [1.29, 1.82) is 0 Å². The molecule has 0 N–H and O–H groups in total. The second-order valence-electron chi connectivity index (χ2n) is 5.74. The van der Waals surface area contributed by atoms with Gasteiger partial charge in [-0.1, -0.05) is 0 Å². The molecule has 0 aliphatic heterocycles. The predicted molar refractivity (Wildman–Crippen MR) is 134 cm³/mol. The quantitative estimate of drug-likeness (QED) is 0.242. The maximum atomic E-state index is 5.77. The van der Waals surface area contributed by atoms with E-state index in [0.717, 1.165) is 0 Å². The van der Waals surface area contributed by atoms with Crippen molar-refractivity contribution in [2.24, 2.45) is 0 Å². The fraction of sp³-hybridized carbons (Fsp3) is 0.300. The summed E-state index contributed by atoms with van der Waals surface area (Å²) >= 11 is 7.63. The van der Waals surface area contributed by atoms with Crippen LogP contribution in [0.1, 0.15) is 0 Å². The molecule has 0 spiro atoms. The SMILES string of the molecule is COCCOC(=S)[S][Sn]([S]C(=S)OCCOC)([c]1ccccc1)[c]1ccccc1. The molecule has 2 aromatic rings. The Balaban J connectivity index is 2.39. The van der Waals surface area contributed by atoms with Crippen molar-refractivity contribution < 1.29 is 18.9 Å². The second kappa shape index (κ2) is 13.8. The van der Waals surface area contributed by atoms with Gasteiger partial charge < -0.3 is 0 Å². The van der Waals surface area contributed by atoms with E-state index in [4.69, 9.17) is 43.4 Å². The Morgan fingerprint density at radius 1 is 0.690 bits per heavy atom. The number of benzene rings is 2. The Hall–Kier alpha value is -0.361. The summed E-state index contributed by atoms with van der Waals surface area (Å²) in [6, 6.07) is 20.8. The average Bonchev–Trinajstić information content (AvgIpc) is 2.75. The van der Waals surface area contributed by atoms with Crippen LogP contribution in [0.25, 0.3) is 0 Å². The molecule has 0 unspecified atom stereocenters. The first-order valence-corrected chi connectivity index (χ1v) is 21.2. The van der Waals surface area contributed by atoms with Gasteiger partial charge in [-0.15, -0.1) is 0 Å². The van der Waals surface area contributed by atoms with E-state index >= 15 is 0 Å². The molecule has 0 aliphatic carbocycles. The molecule has 0 saturated heterocycles. The third-order valence-electron chi connectivity index (χ3n) is 3.78. The zero-order chi connectivity index (χ0) is 21.0. The molecular formula is C20H24O4S4Sn. The minimum absolute atomic E-state index is 0.424. The molecular weight excluding hydrogens is 551 g/mol. The molecule has 29 heavy (non-hydrogen) atoms. The fourth-order valence-corrected chi connectivity index (χ4v) is 32.5. The maximum absolute atomic E-state index is 5.77. The summed E-state index contributed by atoms with van der Waals surface area (Å²) in [6.45, 7) is 1.83. The van der Waals surface area contributed by atoms with Gasteiger partial charge in [0.15, 0.2) is 0 Å². The van der Waals surface area contributed by atoms with E-state index in [9.17, 15) is 0 Å². The van der Waals surface area contributed by atoms with Crippen LogP contribution in [-0.4, -0.2) is 65.0 Å². The molecule has 0 bridgehead atoms. The van der Waals surface area contributed by atoms with Crippen molar-refractivity contribution in [3.63, 3.8) is 0 Å². The molecule has 0 radical (unpaired) electrons. The number of methoxy groups -OCH3 is 2. The number of ether oxygens (including phenoxy) is 4. The minimum atomic E-state index is -3.56. The van der Waals surface area contributed by atoms with Crippen LogP contribution >= 0.6 is 42.3 Å². The standard InChI is InChI=1S/2C6H5.2C4H8O2S2.Sn/c2*1-2-4-6-5-3-1;2*1-5-2-3-6-4(7)8;/h2*1-5H;2*2-3H2,1H3,(H,7,8);/q;;;;+2/p-2. The Morgan fingerprint density at radius 3 is 1.41 bits per heavy atom. The van der Waals surface area contributed by atoms with Crippen molar-refractivity contribution >= 4 is 73.9 Å². The van der Waals surface area contributed by atoms with Crippen LogP contribution in [0, 0.1) is 0 Å². The summed E-state index contributed by atoms with van der Waals surface area (Å²) in [5.74, 6) is 0. The Kier molecular flexibility index (Phi) is 11.9. The monoisotopic (exact) mass is 576 g/mol. The average molecular weight is 575 g/mol. The Labute approximate surface area is 192 Å². The first-order chi connectivity index (χ1) is 14.1. The van der Waals surface area contributed by atoms with Crippen LogP contribution in [0.2, 0.25) is 0 Å². The molecule has 0 fully saturated rings. The molecule has 0 saturated carbocycles. The van der Waals surface area contributed by atoms with Crippen molar-refractivity contribution in [2.45, 2.75) is 0 Å². The molecule has 4 nitrogen and oxygen atoms in total. The van der Waals surface area contributed by atoms with Crippen LogP contribution in [0.15, 0.2) is 60.7 Å². The van der Waals surface area contributed by atoms with Crippen LogP contribution < -0.4 is 7.16 Å². The van der Waals surface area contributed by atoms with Gasteiger partial charge in [-0.3, -0.25) is 0 Å². The van der Waals surface area contributed by atoms with Gasteiger partial charge in [-0.2, -0.15) is 0 Å². The number of rotatable bonds is 10. The van der Waals surface area contributed by atoms with Crippen molar-refractivity contribution in [1.82, 2.24) is 0 Å². The Bertz CT molecular complexity index is 696. The third kappa shape index (κ3) is 8.01. The predicted octanol–water partition coefficient (Wildman–Crippen LogP) is 3.61. The first kappa shape index (κ1) is 24.9. The summed E-state index contributed by atoms with van der Waals surface area (Å²) in [7, 11) is 6.57. The van der Waals surface area contributed by atoms with Crippen molar-refractivity contribution in [3.05, 3.63) is 60.7 Å². The van der Waals surface area contributed by atoms with Gasteiger partial charge in [0.1, 0.15) is 0 Å². The van der Waals surface area contributed by atoms with Gasteiger partial charge in [0.05, 0.1) is 0 Å². The fourth-order valence-electron chi connectivity index (χ4n) is 2.45. The third-order valence-corrected chi connectivity index (χ3v) is 32.2. The molecule has 0 heterocycles.